The molecule has 1 saturated carbocycles. The highest BCUT2D eigenvalue weighted by molar-refractivity contribution is 5.90. The number of hydrogen-bond donors (Lipinski definition) is 0. The smallest absolute Gasteiger partial charge is 0.162 e. The van der Waals surface area contributed by atoms with Crippen LogP contribution in [0, 0.1) is 5.92 Å². The summed E-state index contributed by atoms with van der Waals surface area (Å²) < 4.78 is 5.32. The summed E-state index contributed by atoms with van der Waals surface area (Å²) in [6, 6.07) is 0. The zero-order valence-corrected chi connectivity index (χ0v) is 5.46. The number of ketones is 1. The summed E-state index contributed by atoms with van der Waals surface area (Å²) >= 11 is 0. The predicted octanol–water partition coefficient (Wildman–Crippen LogP) is 0.753. The minimum absolute atomic E-state index is 0.000000000000000222. The zero-order valence-electron chi connectivity index (χ0n) is 5.46. The van der Waals surface area contributed by atoms with Crippen LogP contribution in [0.25, 0.3) is 0 Å². The van der Waals surface area contributed by atoms with Crippen molar-refractivity contribution in [2.24, 2.45) is 5.92 Å². The molecule has 0 aromatic heterocycles. The summed E-state index contributed by atoms with van der Waals surface area (Å²) in [5.41, 5.74) is 0. The molecule has 2 heteroatoms. The second-order valence-electron chi connectivity index (χ2n) is 3.03. The molecule has 0 aromatic rings. The van der Waals surface area contributed by atoms with Crippen LogP contribution in [0.4, 0.5) is 0 Å². The monoisotopic (exact) mass is 126 g/mol. The molecular weight excluding hydrogens is 116 g/mol. The van der Waals surface area contributed by atoms with E-state index in [4.69, 9.17) is 4.74 Å². The van der Waals surface area contributed by atoms with Crippen LogP contribution < -0.4 is 0 Å². The minimum atomic E-state index is -0.000000000000000222. The normalized spacial score (nSPS) is 48.6. The first-order valence-electron chi connectivity index (χ1n) is 3.45. The van der Waals surface area contributed by atoms with Crippen LogP contribution in [0.15, 0.2) is 0 Å². The van der Waals surface area contributed by atoms with Crippen LogP contribution in [0.1, 0.15) is 19.8 Å². The first-order chi connectivity index (χ1) is 4.27. The van der Waals surface area contributed by atoms with Gasteiger partial charge in [-0.25, -0.2) is 0 Å². The maximum atomic E-state index is 10.7. The highest BCUT2D eigenvalue weighted by atomic mass is 16.5. The first-order valence-corrected chi connectivity index (χ1v) is 3.45. The van der Waals surface area contributed by atoms with Crippen LogP contribution in [0.2, 0.25) is 0 Å². The Morgan fingerprint density at radius 2 is 2.44 bits per heavy atom. The van der Waals surface area contributed by atoms with E-state index in [0.717, 1.165) is 12.8 Å². The quantitative estimate of drug-likeness (QED) is 0.479. The molecule has 2 rings (SSSR count). The van der Waals surface area contributed by atoms with Gasteiger partial charge in [-0.15, -0.1) is 0 Å². The Hall–Kier alpha value is -0.370. The van der Waals surface area contributed by atoms with E-state index >= 15 is 0 Å². The number of hydrogen-bond acceptors (Lipinski definition) is 2. The van der Waals surface area contributed by atoms with Crippen molar-refractivity contribution in [1.82, 2.24) is 0 Å². The van der Waals surface area contributed by atoms with E-state index in [9.17, 15) is 4.79 Å². The molecule has 2 nitrogen and oxygen atoms in total. The van der Waals surface area contributed by atoms with Crippen molar-refractivity contribution in [3.63, 3.8) is 0 Å². The van der Waals surface area contributed by atoms with Crippen LogP contribution in [-0.4, -0.2) is 18.0 Å². The van der Waals surface area contributed by atoms with Gasteiger partial charge in [0.15, 0.2) is 5.78 Å². The summed E-state index contributed by atoms with van der Waals surface area (Å²) in [7, 11) is 0. The van der Waals surface area contributed by atoms with Gasteiger partial charge < -0.3 is 4.74 Å². The largest absolute Gasteiger partial charge is 0.367 e. The van der Waals surface area contributed by atoms with E-state index < -0.39 is 0 Å². The Bertz CT molecular complexity index is 153. The van der Waals surface area contributed by atoms with Crippen LogP contribution in [0.3, 0.4) is 0 Å². The molecule has 9 heavy (non-hydrogen) atoms. The van der Waals surface area contributed by atoms with Crippen molar-refractivity contribution >= 4 is 5.78 Å². The SMILES string of the molecule is C[C@H]1C[C@H]2CC(=O)[C@H]2O1. The fraction of sp³-hybridized carbons (Fsp3) is 0.857. The molecular formula is C7H10O2. The lowest BCUT2D eigenvalue weighted by Crippen LogP contribution is -2.39. The van der Waals surface area contributed by atoms with Gasteiger partial charge >= 0.3 is 0 Å². The fourth-order valence-electron chi connectivity index (χ4n) is 1.71. The van der Waals surface area contributed by atoms with Gasteiger partial charge in [0.25, 0.3) is 0 Å². The van der Waals surface area contributed by atoms with Gasteiger partial charge in [0.1, 0.15) is 6.10 Å². The molecule has 2 aliphatic rings. The highest BCUT2D eigenvalue weighted by Gasteiger charge is 2.46. The molecule has 1 aliphatic heterocycles. The van der Waals surface area contributed by atoms with Gasteiger partial charge in [-0.1, -0.05) is 0 Å². The van der Waals surface area contributed by atoms with Gasteiger partial charge in [-0.3, -0.25) is 4.79 Å². The van der Waals surface area contributed by atoms with E-state index in [2.05, 4.69) is 0 Å². The Labute approximate surface area is 54.2 Å². The van der Waals surface area contributed by atoms with Gasteiger partial charge in [-0.2, -0.15) is 0 Å². The summed E-state index contributed by atoms with van der Waals surface area (Å²) in [5.74, 6) is 0.886. The average molecular weight is 126 g/mol. The van der Waals surface area contributed by atoms with Crippen LogP contribution in [-0.2, 0) is 9.53 Å². The molecule has 0 radical (unpaired) electrons. The molecule has 0 spiro atoms. The molecule has 0 aromatic carbocycles. The maximum absolute atomic E-state index is 10.7. The molecule has 1 saturated heterocycles. The van der Waals surface area contributed by atoms with E-state index in [0.29, 0.717) is 17.8 Å². The summed E-state index contributed by atoms with van der Waals surface area (Å²) in [4.78, 5) is 10.7. The molecule has 0 unspecified atom stereocenters. The van der Waals surface area contributed by atoms with Crippen molar-refractivity contribution in [3.05, 3.63) is 0 Å². The van der Waals surface area contributed by atoms with E-state index in [1.54, 1.807) is 0 Å². The molecule has 0 N–H and O–H groups in total. The van der Waals surface area contributed by atoms with Crippen molar-refractivity contribution in [2.45, 2.75) is 32.0 Å². The summed E-state index contributed by atoms with van der Waals surface area (Å²) in [6.45, 7) is 2.03. The number of Topliss-reactive ketones (excluding diaryl/α,β-unsaturated/α-hetero) is 1. The van der Waals surface area contributed by atoms with E-state index in [1.807, 2.05) is 6.92 Å². The third kappa shape index (κ3) is 0.628. The molecule has 0 amide bonds. The molecule has 0 bridgehead atoms. The lowest BCUT2D eigenvalue weighted by molar-refractivity contribution is -0.141. The molecule has 1 heterocycles. The van der Waals surface area contributed by atoms with Gasteiger partial charge in [0, 0.05) is 12.3 Å². The highest BCUT2D eigenvalue weighted by Crippen LogP contribution is 2.38. The van der Waals surface area contributed by atoms with Gasteiger partial charge in [0.05, 0.1) is 6.10 Å². The first kappa shape index (κ1) is 5.42. The second-order valence-corrected chi connectivity index (χ2v) is 3.03. The minimum Gasteiger partial charge on any atom is -0.367 e. The zero-order chi connectivity index (χ0) is 6.43. The number of carbonyl (C=O) groups excluding carboxylic acids is 1. The van der Waals surface area contributed by atoms with Crippen molar-refractivity contribution < 1.29 is 9.53 Å². The van der Waals surface area contributed by atoms with Crippen LogP contribution in [0.5, 0.6) is 0 Å². The van der Waals surface area contributed by atoms with E-state index in [-0.39, 0.29) is 6.10 Å². The Balaban J connectivity index is 2.08. The standard InChI is InChI=1S/C7H10O2/c1-4-2-5-3-6(8)7(5)9-4/h4-5,7H,2-3H2,1H3/t4-,5-,7-/m0/s1. The molecule has 3 atom stereocenters. The van der Waals surface area contributed by atoms with Gasteiger partial charge in [-0.05, 0) is 13.3 Å². The lowest BCUT2D eigenvalue weighted by Gasteiger charge is -2.25. The van der Waals surface area contributed by atoms with Gasteiger partial charge in [0.2, 0.25) is 0 Å². The maximum Gasteiger partial charge on any atom is 0.162 e. The fourth-order valence-corrected chi connectivity index (χ4v) is 1.71. The van der Waals surface area contributed by atoms with E-state index in [1.165, 1.54) is 0 Å². The molecule has 2 fully saturated rings. The number of carbonyl (C=O) groups is 1. The van der Waals surface area contributed by atoms with Crippen molar-refractivity contribution in [3.8, 4) is 0 Å². The molecule has 1 aliphatic carbocycles. The summed E-state index contributed by atoms with van der Waals surface area (Å²) in [5, 5.41) is 0. The topological polar surface area (TPSA) is 26.3 Å². The Kier molecular flexibility index (Phi) is 0.943. The molecule has 50 valence electrons. The lowest BCUT2D eigenvalue weighted by atomic mass is 9.80. The number of fused-ring (bicyclic) bond motifs is 1. The third-order valence-corrected chi connectivity index (χ3v) is 2.22. The number of ether oxygens (including phenoxy) is 1. The van der Waals surface area contributed by atoms with Crippen molar-refractivity contribution in [2.75, 3.05) is 0 Å². The Morgan fingerprint density at radius 3 is 2.89 bits per heavy atom. The predicted molar refractivity (Wildman–Crippen MR) is 32.1 cm³/mol. The third-order valence-electron chi connectivity index (χ3n) is 2.22. The Morgan fingerprint density at radius 1 is 1.67 bits per heavy atom. The van der Waals surface area contributed by atoms with Crippen LogP contribution >= 0.6 is 0 Å². The van der Waals surface area contributed by atoms with Crippen molar-refractivity contribution in [1.29, 1.82) is 0 Å². The number of rotatable bonds is 0. The second kappa shape index (κ2) is 1.57. The summed E-state index contributed by atoms with van der Waals surface area (Å²) in [6.07, 6.45) is 2.19. The average Bonchev–Trinajstić information content (AvgIpc) is 2.08.